The molecular formula is C34H43F2N3O5S. The van der Waals surface area contributed by atoms with Crippen LogP contribution < -0.4 is 5.73 Å². The highest BCUT2D eigenvalue weighted by Crippen LogP contribution is 2.20. The largest absolute Gasteiger partial charge is 0.390 e. The lowest BCUT2D eigenvalue weighted by molar-refractivity contribution is 0.0554. The highest BCUT2D eigenvalue weighted by molar-refractivity contribution is 7.91. The predicted octanol–water partition coefficient (Wildman–Crippen LogP) is 4.90. The minimum Gasteiger partial charge on any atom is -0.390 e. The van der Waals surface area contributed by atoms with Gasteiger partial charge in [0, 0.05) is 49.4 Å². The van der Waals surface area contributed by atoms with E-state index in [2.05, 4.69) is 0 Å². The van der Waals surface area contributed by atoms with E-state index in [0.717, 1.165) is 31.0 Å². The van der Waals surface area contributed by atoms with E-state index in [0.29, 0.717) is 29.8 Å². The van der Waals surface area contributed by atoms with Crippen molar-refractivity contribution in [2.75, 3.05) is 25.4 Å². The first-order valence-electron chi connectivity index (χ1n) is 15.2. The number of aliphatic hydroxyl groups is 1. The van der Waals surface area contributed by atoms with Crippen molar-refractivity contribution in [1.29, 1.82) is 0 Å². The summed E-state index contributed by atoms with van der Waals surface area (Å²) < 4.78 is 52.6. The Morgan fingerprint density at radius 1 is 0.844 bits per heavy atom. The highest BCUT2D eigenvalue weighted by Gasteiger charge is 2.26. The summed E-state index contributed by atoms with van der Waals surface area (Å²) in [6.45, 7) is 8.11. The van der Waals surface area contributed by atoms with Crippen molar-refractivity contribution < 1.29 is 31.9 Å². The summed E-state index contributed by atoms with van der Waals surface area (Å²) >= 11 is 0. The molecule has 0 radical (unpaired) electrons. The van der Waals surface area contributed by atoms with Crippen LogP contribution in [-0.4, -0.2) is 72.7 Å². The molecular weight excluding hydrogens is 600 g/mol. The van der Waals surface area contributed by atoms with Gasteiger partial charge in [-0.15, -0.1) is 0 Å². The Bertz CT molecular complexity index is 1570. The van der Waals surface area contributed by atoms with Crippen LogP contribution in [0.5, 0.6) is 0 Å². The number of hydrogen-bond acceptors (Lipinski definition) is 6. The van der Waals surface area contributed by atoms with E-state index < -0.39 is 39.5 Å². The maximum absolute atomic E-state index is 14.1. The number of benzene rings is 3. The quantitative estimate of drug-likeness (QED) is 0.243. The number of aliphatic hydroxyl groups excluding tert-OH is 1. The number of hydrogen-bond donors (Lipinski definition) is 2. The van der Waals surface area contributed by atoms with Crippen LogP contribution in [0.15, 0.2) is 65.6 Å². The van der Waals surface area contributed by atoms with E-state index in [1.54, 1.807) is 43.0 Å². The van der Waals surface area contributed by atoms with Gasteiger partial charge in [0.05, 0.1) is 16.8 Å². The third-order valence-corrected chi connectivity index (χ3v) is 9.17. The lowest BCUT2D eigenvalue weighted by atomic mass is 10.00. The third-order valence-electron chi connectivity index (χ3n) is 7.44. The van der Waals surface area contributed by atoms with Crippen LogP contribution in [-0.2, 0) is 22.8 Å². The van der Waals surface area contributed by atoms with E-state index in [1.165, 1.54) is 23.1 Å². The van der Waals surface area contributed by atoms with Gasteiger partial charge in [-0.2, -0.15) is 0 Å². The number of halogens is 2. The number of carbonyl (C=O) groups excluding carboxylic acids is 2. The van der Waals surface area contributed by atoms with Crippen LogP contribution in [0.3, 0.4) is 0 Å². The van der Waals surface area contributed by atoms with Crippen molar-refractivity contribution in [1.82, 2.24) is 9.80 Å². The summed E-state index contributed by atoms with van der Waals surface area (Å²) in [6, 6.07) is 13.1. The molecule has 45 heavy (non-hydrogen) atoms. The second-order valence-electron chi connectivity index (χ2n) is 11.3. The zero-order chi connectivity index (χ0) is 33.3. The predicted molar refractivity (Wildman–Crippen MR) is 171 cm³/mol. The average molecular weight is 644 g/mol. The van der Waals surface area contributed by atoms with Crippen molar-refractivity contribution in [2.45, 2.75) is 70.5 Å². The SMILES string of the molecule is CCCN(CCC)C(=O)c1cc(C)cc(C(=O)N(Cc2cccc(S(=O)(=O)CC)c2)C[C@H](O)[C@H](N)Cc2cc(F)cc(F)c2)c1. The molecule has 2 amide bonds. The molecule has 0 aromatic heterocycles. The molecule has 0 aliphatic rings. The van der Waals surface area contributed by atoms with Crippen LogP contribution in [0.4, 0.5) is 8.78 Å². The topological polar surface area (TPSA) is 121 Å². The third kappa shape index (κ3) is 9.91. The standard InChI is InChI=1S/C34H43F2N3O5S/c1-5-11-38(12-6-2)33(41)26-13-23(4)14-27(19-26)34(42)39(21-24-9-8-10-30(17-24)45(43,44)7-3)22-32(40)31(37)18-25-15-28(35)20-29(36)16-25/h8-10,13-17,19-20,31-32,40H,5-7,11-12,18,21-22,37H2,1-4H3/t31-,32+/m1/s1. The van der Waals surface area contributed by atoms with Crippen molar-refractivity contribution in [3.05, 3.63) is 100 Å². The smallest absolute Gasteiger partial charge is 0.254 e. The Labute approximate surface area is 264 Å². The summed E-state index contributed by atoms with van der Waals surface area (Å²) in [5, 5.41) is 11.1. The normalized spacial score (nSPS) is 12.9. The fourth-order valence-electron chi connectivity index (χ4n) is 5.19. The van der Waals surface area contributed by atoms with Crippen LogP contribution in [0.1, 0.15) is 71.0 Å². The summed E-state index contributed by atoms with van der Waals surface area (Å²) in [5.74, 6) is -2.33. The number of sulfone groups is 1. The zero-order valence-corrected chi connectivity index (χ0v) is 27.1. The van der Waals surface area contributed by atoms with Gasteiger partial charge in [0.15, 0.2) is 9.84 Å². The first-order valence-corrected chi connectivity index (χ1v) is 16.8. The molecule has 0 unspecified atom stereocenters. The molecule has 8 nitrogen and oxygen atoms in total. The molecule has 0 saturated heterocycles. The van der Waals surface area contributed by atoms with E-state index in [4.69, 9.17) is 5.73 Å². The van der Waals surface area contributed by atoms with Gasteiger partial charge in [-0.05, 0) is 85.3 Å². The van der Waals surface area contributed by atoms with Gasteiger partial charge in [0.1, 0.15) is 11.6 Å². The summed E-state index contributed by atoms with van der Waals surface area (Å²) in [6.07, 6.45) is 0.197. The molecule has 0 saturated carbocycles. The number of nitrogens with two attached hydrogens (primary N) is 1. The minimum absolute atomic E-state index is 0.0596. The second kappa shape index (κ2) is 16.1. The maximum Gasteiger partial charge on any atom is 0.254 e. The molecule has 3 N–H and O–H groups in total. The Kier molecular flexibility index (Phi) is 12.8. The first-order chi connectivity index (χ1) is 21.3. The molecule has 0 aliphatic carbocycles. The monoisotopic (exact) mass is 643 g/mol. The minimum atomic E-state index is -3.52. The fourth-order valence-corrected chi connectivity index (χ4v) is 6.14. The van der Waals surface area contributed by atoms with Gasteiger partial charge in [-0.25, -0.2) is 17.2 Å². The number of nitrogens with zero attached hydrogens (tertiary/aromatic N) is 2. The Hall–Kier alpha value is -3.67. The molecule has 3 rings (SSSR count). The number of amides is 2. The molecule has 3 aromatic carbocycles. The molecule has 2 atom stereocenters. The Morgan fingerprint density at radius 3 is 1.98 bits per heavy atom. The van der Waals surface area contributed by atoms with Crippen molar-refractivity contribution >= 4 is 21.7 Å². The first kappa shape index (κ1) is 35.8. The lowest BCUT2D eigenvalue weighted by Crippen LogP contribution is -2.46. The second-order valence-corrected chi connectivity index (χ2v) is 13.6. The van der Waals surface area contributed by atoms with Crippen LogP contribution >= 0.6 is 0 Å². The zero-order valence-electron chi connectivity index (χ0n) is 26.3. The number of rotatable bonds is 15. The summed E-state index contributed by atoms with van der Waals surface area (Å²) in [5.41, 5.74) is 8.28. The van der Waals surface area contributed by atoms with Gasteiger partial charge >= 0.3 is 0 Å². The maximum atomic E-state index is 14.1. The molecule has 0 spiro atoms. The fraction of sp³-hybridized carbons (Fsp3) is 0.412. The molecule has 0 aliphatic heterocycles. The van der Waals surface area contributed by atoms with E-state index in [-0.39, 0.29) is 47.2 Å². The summed E-state index contributed by atoms with van der Waals surface area (Å²) in [4.78, 5) is 30.7. The average Bonchev–Trinajstić information content (AvgIpc) is 2.99. The van der Waals surface area contributed by atoms with Crippen LogP contribution in [0, 0.1) is 18.6 Å². The molecule has 0 fully saturated rings. The van der Waals surface area contributed by atoms with E-state index in [1.807, 2.05) is 13.8 Å². The van der Waals surface area contributed by atoms with Crippen molar-refractivity contribution in [3.8, 4) is 0 Å². The van der Waals surface area contributed by atoms with Crippen LogP contribution in [0.25, 0.3) is 0 Å². The lowest BCUT2D eigenvalue weighted by Gasteiger charge is -2.29. The molecule has 3 aromatic rings. The number of aryl methyl sites for hydroxylation is 1. The van der Waals surface area contributed by atoms with Crippen LogP contribution in [0.2, 0.25) is 0 Å². The van der Waals surface area contributed by atoms with E-state index in [9.17, 15) is 31.9 Å². The molecule has 0 heterocycles. The van der Waals surface area contributed by atoms with Crippen molar-refractivity contribution in [3.63, 3.8) is 0 Å². The van der Waals surface area contributed by atoms with Gasteiger partial charge < -0.3 is 20.6 Å². The van der Waals surface area contributed by atoms with Crippen molar-refractivity contribution in [2.24, 2.45) is 5.73 Å². The van der Waals surface area contributed by atoms with Gasteiger partial charge in [-0.3, -0.25) is 9.59 Å². The highest BCUT2D eigenvalue weighted by atomic mass is 32.2. The van der Waals surface area contributed by atoms with Gasteiger partial charge in [-0.1, -0.05) is 32.9 Å². The Morgan fingerprint density at radius 2 is 1.42 bits per heavy atom. The Balaban J connectivity index is 1.97. The van der Waals surface area contributed by atoms with E-state index >= 15 is 0 Å². The molecule has 0 bridgehead atoms. The summed E-state index contributed by atoms with van der Waals surface area (Å²) in [7, 11) is -3.52. The van der Waals surface area contributed by atoms with Gasteiger partial charge in [0.2, 0.25) is 0 Å². The molecule has 244 valence electrons. The van der Waals surface area contributed by atoms with Gasteiger partial charge in [0.25, 0.3) is 11.8 Å². The number of carbonyl (C=O) groups is 2. The molecule has 11 heteroatoms.